The van der Waals surface area contributed by atoms with E-state index in [1.54, 1.807) is 0 Å². The van der Waals surface area contributed by atoms with Crippen molar-refractivity contribution in [3.05, 3.63) is 18.0 Å². The molecule has 3 nitrogen and oxygen atoms in total. The van der Waals surface area contributed by atoms with Gasteiger partial charge in [0.25, 0.3) is 0 Å². The molecule has 20 heavy (non-hydrogen) atoms. The van der Waals surface area contributed by atoms with Gasteiger partial charge in [-0.2, -0.15) is 5.10 Å². The van der Waals surface area contributed by atoms with Crippen LogP contribution in [0, 0.1) is 11.3 Å². The quantitative estimate of drug-likeness (QED) is 0.912. The van der Waals surface area contributed by atoms with Crippen LogP contribution in [0.4, 0.5) is 0 Å². The Morgan fingerprint density at radius 2 is 1.80 bits per heavy atom. The number of nitrogens with zero attached hydrogens (tertiary/aromatic N) is 2. The SMILES string of the molecule is c1cn(C2CCCC2)nc1CC1(C2CCCC2)CNC1. The molecule has 1 aromatic heterocycles. The third kappa shape index (κ3) is 2.20. The van der Waals surface area contributed by atoms with Gasteiger partial charge in [-0.15, -0.1) is 0 Å². The molecular formula is C17H27N3. The smallest absolute Gasteiger partial charge is 0.0631 e. The van der Waals surface area contributed by atoms with Gasteiger partial charge in [0.15, 0.2) is 0 Å². The summed E-state index contributed by atoms with van der Waals surface area (Å²) in [5.41, 5.74) is 1.87. The minimum Gasteiger partial charge on any atom is -0.315 e. The van der Waals surface area contributed by atoms with Gasteiger partial charge in [0.1, 0.15) is 0 Å². The van der Waals surface area contributed by atoms with Gasteiger partial charge in [-0.1, -0.05) is 25.7 Å². The van der Waals surface area contributed by atoms with E-state index in [0.29, 0.717) is 11.5 Å². The molecule has 0 radical (unpaired) electrons. The topological polar surface area (TPSA) is 29.9 Å². The molecule has 0 unspecified atom stereocenters. The van der Waals surface area contributed by atoms with Gasteiger partial charge in [-0.25, -0.2) is 0 Å². The van der Waals surface area contributed by atoms with Crippen molar-refractivity contribution >= 4 is 0 Å². The number of aromatic nitrogens is 2. The van der Waals surface area contributed by atoms with Crippen molar-refractivity contribution in [2.24, 2.45) is 11.3 Å². The molecule has 1 aromatic rings. The van der Waals surface area contributed by atoms with Crippen LogP contribution in [0.15, 0.2) is 12.3 Å². The highest BCUT2D eigenvalue weighted by Crippen LogP contribution is 2.44. The molecule has 3 fully saturated rings. The maximum Gasteiger partial charge on any atom is 0.0631 e. The summed E-state index contributed by atoms with van der Waals surface area (Å²) in [4.78, 5) is 0. The van der Waals surface area contributed by atoms with Crippen LogP contribution < -0.4 is 5.32 Å². The Hall–Kier alpha value is -0.830. The molecule has 0 atom stereocenters. The Morgan fingerprint density at radius 1 is 1.10 bits per heavy atom. The second-order valence-corrected chi connectivity index (χ2v) is 7.35. The molecule has 3 aliphatic rings. The minimum atomic E-state index is 0.533. The summed E-state index contributed by atoms with van der Waals surface area (Å²) < 4.78 is 2.26. The molecule has 4 rings (SSSR count). The summed E-state index contributed by atoms with van der Waals surface area (Å²) in [6.07, 6.45) is 14.7. The van der Waals surface area contributed by atoms with E-state index in [1.807, 2.05) is 0 Å². The third-order valence-corrected chi connectivity index (χ3v) is 6.07. The van der Waals surface area contributed by atoms with Crippen molar-refractivity contribution in [1.82, 2.24) is 15.1 Å². The molecule has 2 heterocycles. The van der Waals surface area contributed by atoms with E-state index in [0.717, 1.165) is 5.92 Å². The Morgan fingerprint density at radius 3 is 2.45 bits per heavy atom. The Bertz CT molecular complexity index is 449. The second-order valence-electron chi connectivity index (χ2n) is 7.35. The van der Waals surface area contributed by atoms with Gasteiger partial charge >= 0.3 is 0 Å². The molecular weight excluding hydrogens is 246 g/mol. The van der Waals surface area contributed by atoms with Crippen molar-refractivity contribution in [1.29, 1.82) is 0 Å². The molecule has 0 spiro atoms. The van der Waals surface area contributed by atoms with Crippen molar-refractivity contribution in [2.45, 2.75) is 63.8 Å². The maximum atomic E-state index is 4.92. The standard InChI is InChI=1S/C17H27N3/c1-2-6-14(5-1)17(12-18-13-17)11-15-9-10-20(19-15)16-7-3-4-8-16/h9-10,14,16,18H,1-8,11-13H2. The van der Waals surface area contributed by atoms with Crippen LogP contribution in [0.25, 0.3) is 0 Å². The lowest BCUT2D eigenvalue weighted by Crippen LogP contribution is -2.58. The Balaban J connectivity index is 1.47. The Kier molecular flexibility index (Phi) is 3.33. The fraction of sp³-hybridized carbons (Fsp3) is 0.824. The average Bonchev–Trinajstić information content (AvgIpc) is 3.14. The van der Waals surface area contributed by atoms with E-state index in [2.05, 4.69) is 22.3 Å². The van der Waals surface area contributed by atoms with E-state index >= 15 is 0 Å². The second kappa shape index (κ2) is 5.18. The van der Waals surface area contributed by atoms with Crippen molar-refractivity contribution in [3.8, 4) is 0 Å². The molecule has 1 saturated heterocycles. The van der Waals surface area contributed by atoms with E-state index < -0.39 is 0 Å². The van der Waals surface area contributed by atoms with Crippen LogP contribution in [-0.4, -0.2) is 22.9 Å². The molecule has 110 valence electrons. The van der Waals surface area contributed by atoms with Crippen molar-refractivity contribution in [2.75, 3.05) is 13.1 Å². The predicted octanol–water partition coefficient (Wildman–Crippen LogP) is 3.32. The van der Waals surface area contributed by atoms with E-state index in [4.69, 9.17) is 5.10 Å². The zero-order chi connectivity index (χ0) is 13.4. The summed E-state index contributed by atoms with van der Waals surface area (Å²) in [5.74, 6) is 0.945. The van der Waals surface area contributed by atoms with E-state index in [-0.39, 0.29) is 0 Å². The molecule has 1 N–H and O–H groups in total. The highest BCUT2D eigenvalue weighted by molar-refractivity contribution is 5.10. The summed E-state index contributed by atoms with van der Waals surface area (Å²) in [6, 6.07) is 2.97. The van der Waals surface area contributed by atoms with Gasteiger partial charge in [0.05, 0.1) is 11.7 Å². The summed E-state index contributed by atoms with van der Waals surface area (Å²) >= 11 is 0. The lowest BCUT2D eigenvalue weighted by molar-refractivity contribution is 0.0797. The van der Waals surface area contributed by atoms with Crippen LogP contribution in [0.5, 0.6) is 0 Å². The van der Waals surface area contributed by atoms with Crippen molar-refractivity contribution < 1.29 is 0 Å². The van der Waals surface area contributed by atoms with Crippen LogP contribution in [0.2, 0.25) is 0 Å². The van der Waals surface area contributed by atoms with Crippen LogP contribution in [-0.2, 0) is 6.42 Å². The van der Waals surface area contributed by atoms with Crippen LogP contribution in [0.3, 0.4) is 0 Å². The summed E-state index contributed by atoms with van der Waals surface area (Å²) in [5, 5.41) is 8.45. The monoisotopic (exact) mass is 273 g/mol. The molecule has 0 aromatic carbocycles. The van der Waals surface area contributed by atoms with Gasteiger partial charge in [0, 0.05) is 24.7 Å². The highest BCUT2D eigenvalue weighted by Gasteiger charge is 2.45. The Labute approximate surface area is 122 Å². The van der Waals surface area contributed by atoms with Crippen LogP contribution in [0.1, 0.15) is 63.1 Å². The molecule has 0 amide bonds. The zero-order valence-corrected chi connectivity index (χ0v) is 12.5. The summed E-state index contributed by atoms with van der Waals surface area (Å²) in [6.45, 7) is 2.43. The van der Waals surface area contributed by atoms with Gasteiger partial charge in [-0.05, 0) is 44.1 Å². The summed E-state index contributed by atoms with van der Waals surface area (Å²) in [7, 11) is 0. The van der Waals surface area contributed by atoms with E-state index in [9.17, 15) is 0 Å². The van der Waals surface area contributed by atoms with Crippen molar-refractivity contribution in [3.63, 3.8) is 0 Å². The third-order valence-electron chi connectivity index (χ3n) is 6.07. The molecule has 3 heteroatoms. The van der Waals surface area contributed by atoms with Gasteiger partial charge < -0.3 is 5.32 Å². The van der Waals surface area contributed by atoms with Crippen LogP contribution >= 0.6 is 0 Å². The fourth-order valence-corrected chi connectivity index (χ4v) is 4.75. The molecule has 2 aliphatic carbocycles. The lowest BCUT2D eigenvalue weighted by Gasteiger charge is -2.47. The minimum absolute atomic E-state index is 0.533. The molecule has 0 bridgehead atoms. The number of hydrogen-bond acceptors (Lipinski definition) is 2. The first-order valence-corrected chi connectivity index (χ1v) is 8.61. The first kappa shape index (κ1) is 12.9. The molecule has 1 aliphatic heterocycles. The zero-order valence-electron chi connectivity index (χ0n) is 12.5. The van der Waals surface area contributed by atoms with Gasteiger partial charge in [-0.3, -0.25) is 4.68 Å². The maximum absolute atomic E-state index is 4.92. The first-order valence-electron chi connectivity index (χ1n) is 8.61. The normalized spacial score (nSPS) is 27.0. The number of hydrogen-bond donors (Lipinski definition) is 1. The van der Waals surface area contributed by atoms with Gasteiger partial charge in [0.2, 0.25) is 0 Å². The largest absolute Gasteiger partial charge is 0.315 e. The first-order chi connectivity index (χ1) is 9.86. The predicted molar refractivity (Wildman–Crippen MR) is 80.7 cm³/mol. The van der Waals surface area contributed by atoms with E-state index in [1.165, 1.54) is 76.6 Å². The lowest BCUT2D eigenvalue weighted by atomic mass is 9.67. The number of nitrogens with one attached hydrogen (secondary N) is 1. The number of rotatable bonds is 4. The molecule has 2 saturated carbocycles. The average molecular weight is 273 g/mol. The fourth-order valence-electron chi connectivity index (χ4n) is 4.75. The highest BCUT2D eigenvalue weighted by atomic mass is 15.3.